The Bertz CT molecular complexity index is 456. The Morgan fingerprint density at radius 1 is 1.21 bits per heavy atom. The van der Waals surface area contributed by atoms with Gasteiger partial charge in [0, 0.05) is 19.0 Å². The summed E-state index contributed by atoms with van der Waals surface area (Å²) in [5.41, 5.74) is 0.422. The number of ketones is 1. The van der Waals surface area contributed by atoms with Crippen molar-refractivity contribution in [3.05, 3.63) is 35.9 Å². The Kier molecular flexibility index (Phi) is 5.73. The zero-order valence-corrected chi connectivity index (χ0v) is 11.0. The van der Waals surface area contributed by atoms with Gasteiger partial charge in [0.05, 0.1) is 6.61 Å². The van der Waals surface area contributed by atoms with Crippen LogP contribution in [0.25, 0.3) is 0 Å². The average molecular weight is 263 g/mol. The van der Waals surface area contributed by atoms with E-state index in [2.05, 4.69) is 5.32 Å². The van der Waals surface area contributed by atoms with Crippen LogP contribution in [0.15, 0.2) is 30.3 Å². The van der Waals surface area contributed by atoms with Gasteiger partial charge in [-0.25, -0.2) is 0 Å². The maximum absolute atomic E-state index is 12.2. The van der Waals surface area contributed by atoms with E-state index in [4.69, 9.17) is 4.74 Å². The molecule has 0 aliphatic heterocycles. The summed E-state index contributed by atoms with van der Waals surface area (Å²) in [7, 11) is 0. The first-order valence-electron chi connectivity index (χ1n) is 6.06. The maximum Gasteiger partial charge on any atom is 0.318 e. The number of benzene rings is 1. The fourth-order valence-electron chi connectivity index (χ4n) is 1.58. The highest BCUT2D eigenvalue weighted by molar-refractivity contribution is 6.09. The first-order valence-corrected chi connectivity index (χ1v) is 6.06. The molecule has 5 nitrogen and oxygen atoms in total. The molecule has 1 amide bonds. The molecule has 19 heavy (non-hydrogen) atoms. The number of carbonyl (C=O) groups is 3. The van der Waals surface area contributed by atoms with Gasteiger partial charge >= 0.3 is 5.97 Å². The standard InChI is InChI=1S/C14H17NO4/c1-3-19-14(18)12(9-15-10(2)16)13(17)11-7-5-4-6-8-11/h4-8,12H,3,9H2,1-2H3,(H,15,16). The maximum atomic E-state index is 12.2. The lowest BCUT2D eigenvalue weighted by Gasteiger charge is -2.14. The Morgan fingerprint density at radius 3 is 2.37 bits per heavy atom. The summed E-state index contributed by atoms with van der Waals surface area (Å²) in [6, 6.07) is 8.47. The summed E-state index contributed by atoms with van der Waals surface area (Å²) < 4.78 is 4.87. The Hall–Kier alpha value is -2.17. The highest BCUT2D eigenvalue weighted by atomic mass is 16.5. The third-order valence-electron chi connectivity index (χ3n) is 2.50. The number of ether oxygens (including phenoxy) is 1. The summed E-state index contributed by atoms with van der Waals surface area (Å²) in [6.45, 7) is 3.13. The van der Waals surface area contributed by atoms with Gasteiger partial charge in [0.15, 0.2) is 5.78 Å². The third kappa shape index (κ3) is 4.54. The average Bonchev–Trinajstić information content (AvgIpc) is 2.39. The number of esters is 1. The number of amides is 1. The topological polar surface area (TPSA) is 72.5 Å². The number of rotatable bonds is 6. The second-order valence-electron chi connectivity index (χ2n) is 3.97. The molecule has 0 fully saturated rings. The highest BCUT2D eigenvalue weighted by Crippen LogP contribution is 2.10. The van der Waals surface area contributed by atoms with E-state index in [1.165, 1.54) is 6.92 Å². The van der Waals surface area contributed by atoms with Crippen LogP contribution in [0.5, 0.6) is 0 Å². The Morgan fingerprint density at radius 2 is 1.84 bits per heavy atom. The number of nitrogens with one attached hydrogen (secondary N) is 1. The van der Waals surface area contributed by atoms with Gasteiger partial charge in [-0.3, -0.25) is 14.4 Å². The van der Waals surface area contributed by atoms with E-state index in [9.17, 15) is 14.4 Å². The molecular formula is C14H17NO4. The number of hydrogen-bond donors (Lipinski definition) is 1. The normalized spacial score (nSPS) is 11.5. The Balaban J connectivity index is 2.86. The molecule has 0 saturated carbocycles. The molecular weight excluding hydrogens is 246 g/mol. The molecule has 1 rings (SSSR count). The minimum Gasteiger partial charge on any atom is -0.465 e. The van der Waals surface area contributed by atoms with Crippen LogP contribution in [0.2, 0.25) is 0 Å². The van der Waals surface area contributed by atoms with Gasteiger partial charge in [-0.1, -0.05) is 30.3 Å². The molecule has 1 atom stereocenters. The van der Waals surface area contributed by atoms with Gasteiger partial charge in [-0.05, 0) is 6.92 Å². The molecule has 1 unspecified atom stereocenters. The molecule has 0 saturated heterocycles. The molecule has 5 heteroatoms. The van der Waals surface area contributed by atoms with Crippen LogP contribution in [0, 0.1) is 5.92 Å². The van der Waals surface area contributed by atoms with E-state index in [1.54, 1.807) is 37.3 Å². The first-order chi connectivity index (χ1) is 9.06. The van der Waals surface area contributed by atoms with E-state index in [-0.39, 0.29) is 24.8 Å². The monoisotopic (exact) mass is 263 g/mol. The lowest BCUT2D eigenvalue weighted by atomic mass is 9.97. The van der Waals surface area contributed by atoms with Crippen molar-refractivity contribution in [2.24, 2.45) is 5.92 Å². The second-order valence-corrected chi connectivity index (χ2v) is 3.97. The van der Waals surface area contributed by atoms with E-state index in [1.807, 2.05) is 0 Å². The molecule has 1 aromatic rings. The Labute approximate surface area is 111 Å². The van der Waals surface area contributed by atoms with Crippen LogP contribution in [0.1, 0.15) is 24.2 Å². The molecule has 0 aliphatic carbocycles. The van der Waals surface area contributed by atoms with Crippen LogP contribution in [0.3, 0.4) is 0 Å². The van der Waals surface area contributed by atoms with Crippen molar-refractivity contribution in [1.29, 1.82) is 0 Å². The summed E-state index contributed by atoms with van der Waals surface area (Å²) in [5.74, 6) is -2.28. The summed E-state index contributed by atoms with van der Waals surface area (Å²) in [4.78, 5) is 34.9. The van der Waals surface area contributed by atoms with Crippen LogP contribution in [-0.2, 0) is 14.3 Å². The molecule has 102 valence electrons. The minimum absolute atomic E-state index is 0.0537. The van der Waals surface area contributed by atoms with E-state index in [0.29, 0.717) is 5.56 Å². The summed E-state index contributed by atoms with van der Waals surface area (Å²) in [6.07, 6.45) is 0. The molecule has 0 spiro atoms. The van der Waals surface area contributed by atoms with Gasteiger partial charge in [0.2, 0.25) is 5.91 Å². The van der Waals surface area contributed by atoms with Crippen molar-refractivity contribution in [1.82, 2.24) is 5.32 Å². The quantitative estimate of drug-likeness (QED) is 0.475. The van der Waals surface area contributed by atoms with Gasteiger partial charge in [0.1, 0.15) is 5.92 Å². The molecule has 0 bridgehead atoms. The van der Waals surface area contributed by atoms with Crippen molar-refractivity contribution < 1.29 is 19.1 Å². The number of Topliss-reactive ketones (excluding diaryl/α,β-unsaturated/α-hetero) is 1. The van der Waals surface area contributed by atoms with Crippen molar-refractivity contribution in [2.75, 3.05) is 13.2 Å². The number of carbonyl (C=O) groups excluding carboxylic acids is 3. The van der Waals surface area contributed by atoms with E-state index < -0.39 is 11.9 Å². The fraction of sp³-hybridized carbons (Fsp3) is 0.357. The predicted octanol–water partition coefficient (Wildman–Crippen LogP) is 1.18. The van der Waals surface area contributed by atoms with Crippen molar-refractivity contribution in [3.8, 4) is 0 Å². The van der Waals surface area contributed by atoms with Gasteiger partial charge in [-0.2, -0.15) is 0 Å². The van der Waals surface area contributed by atoms with Crippen LogP contribution < -0.4 is 5.32 Å². The molecule has 1 aromatic carbocycles. The van der Waals surface area contributed by atoms with E-state index >= 15 is 0 Å². The zero-order valence-electron chi connectivity index (χ0n) is 11.0. The zero-order chi connectivity index (χ0) is 14.3. The van der Waals surface area contributed by atoms with Gasteiger partial charge in [0.25, 0.3) is 0 Å². The first kappa shape index (κ1) is 14.9. The summed E-state index contributed by atoms with van der Waals surface area (Å²) in [5, 5.41) is 2.47. The lowest BCUT2D eigenvalue weighted by molar-refractivity contribution is -0.146. The van der Waals surface area contributed by atoms with Crippen molar-refractivity contribution in [3.63, 3.8) is 0 Å². The lowest BCUT2D eigenvalue weighted by Crippen LogP contribution is -2.37. The van der Waals surface area contributed by atoms with Crippen LogP contribution >= 0.6 is 0 Å². The summed E-state index contributed by atoms with van der Waals surface area (Å²) >= 11 is 0. The smallest absolute Gasteiger partial charge is 0.318 e. The van der Waals surface area contributed by atoms with Gasteiger partial charge in [-0.15, -0.1) is 0 Å². The SMILES string of the molecule is CCOC(=O)C(CNC(C)=O)C(=O)c1ccccc1. The molecule has 1 N–H and O–H groups in total. The van der Waals surface area contributed by atoms with Crippen molar-refractivity contribution >= 4 is 17.7 Å². The molecule has 0 radical (unpaired) electrons. The largest absolute Gasteiger partial charge is 0.465 e. The number of hydrogen-bond acceptors (Lipinski definition) is 4. The third-order valence-corrected chi connectivity index (χ3v) is 2.50. The highest BCUT2D eigenvalue weighted by Gasteiger charge is 2.28. The second kappa shape index (κ2) is 7.31. The van der Waals surface area contributed by atoms with E-state index in [0.717, 1.165) is 0 Å². The van der Waals surface area contributed by atoms with Crippen LogP contribution in [-0.4, -0.2) is 30.8 Å². The molecule has 0 aromatic heterocycles. The fourth-order valence-corrected chi connectivity index (χ4v) is 1.58. The van der Waals surface area contributed by atoms with Crippen molar-refractivity contribution in [2.45, 2.75) is 13.8 Å². The molecule has 0 aliphatic rings. The van der Waals surface area contributed by atoms with Crippen LogP contribution in [0.4, 0.5) is 0 Å². The van der Waals surface area contributed by atoms with Gasteiger partial charge < -0.3 is 10.1 Å². The molecule has 0 heterocycles. The predicted molar refractivity (Wildman–Crippen MR) is 69.6 cm³/mol. The minimum atomic E-state index is -1.01.